The molecule has 3 heterocycles. The Labute approximate surface area is 170 Å². The number of nitrogens with one attached hydrogen (secondary N) is 1. The molecule has 1 unspecified atom stereocenters. The van der Waals surface area contributed by atoms with Crippen molar-refractivity contribution in [3.05, 3.63) is 23.9 Å². The molecule has 3 rings (SSSR count). The number of amides is 2. The van der Waals surface area contributed by atoms with Crippen LogP contribution < -0.4 is 16.0 Å². The number of carbonyl (C=O) groups excluding carboxylic acids is 2. The van der Waals surface area contributed by atoms with Gasteiger partial charge in [-0.3, -0.25) is 9.59 Å². The van der Waals surface area contributed by atoms with Crippen molar-refractivity contribution in [2.45, 2.75) is 12.5 Å². The first kappa shape index (κ1) is 22.8. The van der Waals surface area contributed by atoms with Crippen molar-refractivity contribution >= 4 is 54.2 Å². The summed E-state index contributed by atoms with van der Waals surface area (Å²) in [6.45, 7) is 3.60. The Balaban J connectivity index is 0.00000169. The molecule has 10 heteroatoms. The first-order valence-electron chi connectivity index (χ1n) is 8.24. The van der Waals surface area contributed by atoms with Crippen molar-refractivity contribution in [3.8, 4) is 0 Å². The minimum Gasteiger partial charge on any atom is -0.365 e. The van der Waals surface area contributed by atoms with Crippen LogP contribution in [-0.2, 0) is 4.79 Å². The number of hydrogen-bond donors (Lipinski definition) is 2. The van der Waals surface area contributed by atoms with Gasteiger partial charge >= 0.3 is 0 Å². The van der Waals surface area contributed by atoms with E-state index in [0.29, 0.717) is 44.0 Å². The lowest BCUT2D eigenvalue weighted by atomic mass is 10.1. The van der Waals surface area contributed by atoms with Crippen molar-refractivity contribution in [1.82, 2.24) is 15.2 Å². The van der Waals surface area contributed by atoms with Crippen LogP contribution >= 0.6 is 36.6 Å². The van der Waals surface area contributed by atoms with E-state index in [1.807, 2.05) is 21.6 Å². The summed E-state index contributed by atoms with van der Waals surface area (Å²) >= 11 is 1.90. The fraction of sp³-hybridized carbons (Fsp3) is 0.562. The highest BCUT2D eigenvalue weighted by molar-refractivity contribution is 7.99. The maximum Gasteiger partial charge on any atom is 0.252 e. The highest BCUT2D eigenvalue weighted by Crippen LogP contribution is 2.19. The van der Waals surface area contributed by atoms with Gasteiger partial charge in [-0.2, -0.15) is 11.8 Å². The summed E-state index contributed by atoms with van der Waals surface area (Å²) in [5.74, 6) is 2.46. The molecule has 2 aliphatic rings. The molecule has 0 bridgehead atoms. The van der Waals surface area contributed by atoms with E-state index in [0.717, 1.165) is 18.1 Å². The highest BCUT2D eigenvalue weighted by atomic mass is 35.5. The molecule has 2 saturated heterocycles. The van der Waals surface area contributed by atoms with E-state index < -0.39 is 5.91 Å². The number of anilines is 1. The molecule has 7 nitrogen and oxygen atoms in total. The van der Waals surface area contributed by atoms with E-state index in [4.69, 9.17) is 5.73 Å². The van der Waals surface area contributed by atoms with Crippen LogP contribution in [0.1, 0.15) is 16.8 Å². The standard InChI is InChI=1S/C16H23N5O2S.2ClH/c17-15(23)13-2-1-3-19-16(13)21-7-5-20(6-8-21)14(22)10-12-11-24-9-4-18-12;;/h1-3,12,18H,4-11H2,(H2,17,23);2*1H. The molecule has 146 valence electrons. The average molecular weight is 422 g/mol. The number of primary amides is 1. The second-order valence-electron chi connectivity index (χ2n) is 6.04. The van der Waals surface area contributed by atoms with Crippen LogP contribution in [-0.4, -0.2) is 72.0 Å². The molecule has 0 aromatic carbocycles. The molecule has 2 amide bonds. The van der Waals surface area contributed by atoms with E-state index >= 15 is 0 Å². The number of hydrogen-bond acceptors (Lipinski definition) is 6. The number of carbonyl (C=O) groups is 2. The van der Waals surface area contributed by atoms with Gasteiger partial charge in [0.2, 0.25) is 5.91 Å². The maximum absolute atomic E-state index is 12.5. The smallest absolute Gasteiger partial charge is 0.252 e. The Hall–Kier alpha value is -1.22. The zero-order valence-corrected chi connectivity index (χ0v) is 16.9. The number of piperazine rings is 1. The van der Waals surface area contributed by atoms with Gasteiger partial charge in [-0.25, -0.2) is 4.98 Å². The largest absolute Gasteiger partial charge is 0.365 e. The van der Waals surface area contributed by atoms with Crippen LogP contribution in [0, 0.1) is 0 Å². The number of aromatic nitrogens is 1. The molecule has 0 aliphatic carbocycles. The summed E-state index contributed by atoms with van der Waals surface area (Å²) in [5, 5.41) is 3.40. The van der Waals surface area contributed by atoms with Crippen LogP contribution in [0.15, 0.2) is 18.3 Å². The molecule has 2 fully saturated rings. The van der Waals surface area contributed by atoms with E-state index in [9.17, 15) is 9.59 Å². The average Bonchev–Trinajstić information content (AvgIpc) is 2.62. The monoisotopic (exact) mass is 421 g/mol. The zero-order chi connectivity index (χ0) is 16.9. The fourth-order valence-electron chi connectivity index (χ4n) is 3.10. The van der Waals surface area contributed by atoms with E-state index in [2.05, 4.69) is 10.3 Å². The van der Waals surface area contributed by atoms with Gasteiger partial charge in [0.1, 0.15) is 5.82 Å². The minimum atomic E-state index is -0.475. The second-order valence-corrected chi connectivity index (χ2v) is 7.19. The van der Waals surface area contributed by atoms with E-state index in [1.54, 1.807) is 18.3 Å². The Bertz CT molecular complexity index is 608. The first-order chi connectivity index (χ1) is 11.6. The van der Waals surface area contributed by atoms with Gasteiger partial charge in [0.25, 0.3) is 5.91 Å². The van der Waals surface area contributed by atoms with Gasteiger partial charge in [-0.1, -0.05) is 0 Å². The molecule has 0 spiro atoms. The van der Waals surface area contributed by atoms with Crippen molar-refractivity contribution < 1.29 is 9.59 Å². The van der Waals surface area contributed by atoms with Crippen LogP contribution in [0.3, 0.4) is 0 Å². The third kappa shape index (κ3) is 5.64. The SMILES string of the molecule is Cl.Cl.NC(=O)c1cccnc1N1CCN(C(=O)CC2CSCCN2)CC1. The van der Waals surface area contributed by atoms with Gasteiger partial charge in [-0.15, -0.1) is 24.8 Å². The lowest BCUT2D eigenvalue weighted by molar-refractivity contribution is -0.131. The maximum atomic E-state index is 12.5. The van der Waals surface area contributed by atoms with Crippen molar-refractivity contribution in [2.24, 2.45) is 5.73 Å². The summed E-state index contributed by atoms with van der Waals surface area (Å²) in [4.78, 5) is 32.2. The van der Waals surface area contributed by atoms with Crippen molar-refractivity contribution in [2.75, 3.05) is 49.1 Å². The number of nitrogens with two attached hydrogens (primary N) is 1. The molecule has 1 atom stereocenters. The Morgan fingerprint density at radius 1 is 1.27 bits per heavy atom. The van der Waals surface area contributed by atoms with Crippen LogP contribution in [0.25, 0.3) is 0 Å². The number of rotatable bonds is 4. The molecular formula is C16H25Cl2N5O2S. The number of pyridine rings is 1. The predicted octanol–water partition coefficient (Wildman–Crippen LogP) is 0.768. The summed E-state index contributed by atoms with van der Waals surface area (Å²) in [5.41, 5.74) is 5.85. The first-order valence-corrected chi connectivity index (χ1v) is 9.39. The fourth-order valence-corrected chi connectivity index (χ4v) is 4.05. The normalized spacial score (nSPS) is 19.9. The minimum absolute atomic E-state index is 0. The van der Waals surface area contributed by atoms with Crippen molar-refractivity contribution in [1.29, 1.82) is 0 Å². The number of nitrogens with zero attached hydrogens (tertiary/aromatic N) is 3. The molecule has 1 aromatic heterocycles. The molecule has 2 aliphatic heterocycles. The second kappa shape index (κ2) is 10.8. The molecule has 0 saturated carbocycles. The van der Waals surface area contributed by atoms with E-state index in [-0.39, 0.29) is 36.8 Å². The molecule has 3 N–H and O–H groups in total. The van der Waals surface area contributed by atoms with Crippen LogP contribution in [0.4, 0.5) is 5.82 Å². The molecule has 1 aromatic rings. The highest BCUT2D eigenvalue weighted by Gasteiger charge is 2.26. The Morgan fingerprint density at radius 2 is 2.00 bits per heavy atom. The molecule has 26 heavy (non-hydrogen) atoms. The van der Waals surface area contributed by atoms with Gasteiger partial charge < -0.3 is 20.9 Å². The van der Waals surface area contributed by atoms with Gasteiger partial charge in [0.15, 0.2) is 0 Å². The lowest BCUT2D eigenvalue weighted by Gasteiger charge is -2.36. The van der Waals surface area contributed by atoms with E-state index in [1.165, 1.54) is 0 Å². The predicted molar refractivity (Wildman–Crippen MR) is 110 cm³/mol. The third-order valence-electron chi connectivity index (χ3n) is 4.40. The summed E-state index contributed by atoms with van der Waals surface area (Å²) < 4.78 is 0. The zero-order valence-electron chi connectivity index (χ0n) is 14.4. The Kier molecular flexibility index (Phi) is 9.49. The topological polar surface area (TPSA) is 91.6 Å². The number of thioether (sulfide) groups is 1. The van der Waals surface area contributed by atoms with Gasteiger partial charge in [-0.05, 0) is 12.1 Å². The lowest BCUT2D eigenvalue weighted by Crippen LogP contribution is -2.51. The van der Waals surface area contributed by atoms with Crippen LogP contribution in [0.2, 0.25) is 0 Å². The summed E-state index contributed by atoms with van der Waals surface area (Å²) in [7, 11) is 0. The van der Waals surface area contributed by atoms with Crippen LogP contribution in [0.5, 0.6) is 0 Å². The summed E-state index contributed by atoms with van der Waals surface area (Å²) in [6.07, 6.45) is 2.22. The van der Waals surface area contributed by atoms with Gasteiger partial charge in [0, 0.05) is 62.9 Å². The third-order valence-corrected chi connectivity index (χ3v) is 5.53. The number of halogens is 2. The quantitative estimate of drug-likeness (QED) is 0.745. The van der Waals surface area contributed by atoms with Gasteiger partial charge in [0.05, 0.1) is 5.56 Å². The van der Waals surface area contributed by atoms with Crippen molar-refractivity contribution in [3.63, 3.8) is 0 Å². The summed E-state index contributed by atoms with van der Waals surface area (Å²) in [6, 6.07) is 3.68. The molecular weight excluding hydrogens is 397 g/mol. The Morgan fingerprint density at radius 3 is 2.62 bits per heavy atom. The molecule has 0 radical (unpaired) electrons.